The summed E-state index contributed by atoms with van der Waals surface area (Å²) in [5, 5.41) is 9.75. The smallest absolute Gasteiger partial charge is 0.143 e. The third-order valence-corrected chi connectivity index (χ3v) is 4.35. The van der Waals surface area contributed by atoms with Gasteiger partial charge in [-0.25, -0.2) is 0 Å². The second kappa shape index (κ2) is 6.19. The van der Waals surface area contributed by atoms with Crippen LogP contribution in [0.2, 0.25) is 0 Å². The van der Waals surface area contributed by atoms with Gasteiger partial charge in [-0.15, -0.1) is 0 Å². The lowest BCUT2D eigenvalue weighted by molar-refractivity contribution is 0.468. The highest BCUT2D eigenvalue weighted by molar-refractivity contribution is 9.11. The second-order valence-electron chi connectivity index (χ2n) is 5.11. The molecule has 0 bridgehead atoms. The lowest BCUT2D eigenvalue weighted by atomic mass is 10.1. The fourth-order valence-electron chi connectivity index (χ4n) is 2.25. The Morgan fingerprint density at radius 3 is 1.95 bits per heavy atom. The molecule has 2 aromatic rings. The number of hydrogen-bond acceptors (Lipinski definition) is 2. The molecule has 0 aliphatic carbocycles. The number of aryl methyl sites for hydroxylation is 2. The van der Waals surface area contributed by atoms with Crippen LogP contribution in [-0.2, 0) is 6.54 Å². The molecule has 1 N–H and O–H groups in total. The van der Waals surface area contributed by atoms with Crippen molar-refractivity contribution in [3.8, 4) is 5.75 Å². The van der Waals surface area contributed by atoms with Gasteiger partial charge in [-0.2, -0.15) is 0 Å². The van der Waals surface area contributed by atoms with E-state index >= 15 is 0 Å². The Hall–Kier alpha value is -1.00. The van der Waals surface area contributed by atoms with Crippen LogP contribution in [0.1, 0.15) is 16.7 Å². The van der Waals surface area contributed by atoms with Crippen LogP contribution in [0.15, 0.2) is 39.3 Å². The van der Waals surface area contributed by atoms with Crippen LogP contribution in [0.25, 0.3) is 0 Å². The van der Waals surface area contributed by atoms with Crippen molar-refractivity contribution in [2.75, 3.05) is 11.9 Å². The SMILES string of the molecule is Cc1cc(C)cc(N(C)Cc2cc(Br)c(O)c(Br)c2)c1. The average molecular weight is 399 g/mol. The fourth-order valence-corrected chi connectivity index (χ4v) is 3.53. The molecule has 0 fully saturated rings. The van der Waals surface area contributed by atoms with Crippen LogP contribution in [0, 0.1) is 13.8 Å². The zero-order valence-corrected chi connectivity index (χ0v) is 14.9. The Balaban J connectivity index is 2.25. The van der Waals surface area contributed by atoms with Gasteiger partial charge in [-0.1, -0.05) is 6.07 Å². The molecular weight excluding hydrogens is 382 g/mol. The Morgan fingerprint density at radius 1 is 0.950 bits per heavy atom. The molecule has 2 aromatic carbocycles. The van der Waals surface area contributed by atoms with Crippen LogP contribution in [0.4, 0.5) is 5.69 Å². The first-order chi connectivity index (χ1) is 9.36. The minimum atomic E-state index is 0.239. The quantitative estimate of drug-likeness (QED) is 0.770. The zero-order chi connectivity index (χ0) is 14.9. The Morgan fingerprint density at radius 2 is 1.45 bits per heavy atom. The number of rotatable bonds is 3. The van der Waals surface area contributed by atoms with Crippen molar-refractivity contribution >= 4 is 37.5 Å². The van der Waals surface area contributed by atoms with E-state index in [4.69, 9.17) is 0 Å². The van der Waals surface area contributed by atoms with Gasteiger partial charge < -0.3 is 10.0 Å². The van der Waals surface area contributed by atoms with Crippen LogP contribution < -0.4 is 4.90 Å². The fraction of sp³-hybridized carbons (Fsp3) is 0.250. The minimum absolute atomic E-state index is 0.239. The monoisotopic (exact) mass is 397 g/mol. The molecule has 2 rings (SSSR count). The van der Waals surface area contributed by atoms with E-state index in [2.05, 4.69) is 75.9 Å². The normalized spacial score (nSPS) is 10.7. The summed E-state index contributed by atoms with van der Waals surface area (Å²) in [4.78, 5) is 2.20. The summed E-state index contributed by atoms with van der Waals surface area (Å²) >= 11 is 6.74. The summed E-state index contributed by atoms with van der Waals surface area (Å²) in [5.74, 6) is 0.239. The first kappa shape index (κ1) is 15.4. The molecule has 0 atom stereocenters. The molecule has 0 aromatic heterocycles. The van der Waals surface area contributed by atoms with E-state index < -0.39 is 0 Å². The van der Waals surface area contributed by atoms with Crippen molar-refractivity contribution in [3.05, 3.63) is 56.0 Å². The van der Waals surface area contributed by atoms with E-state index in [1.807, 2.05) is 12.1 Å². The van der Waals surface area contributed by atoms with E-state index in [-0.39, 0.29) is 5.75 Å². The highest BCUT2D eigenvalue weighted by Gasteiger charge is 2.09. The van der Waals surface area contributed by atoms with Crippen molar-refractivity contribution in [1.29, 1.82) is 0 Å². The standard InChI is InChI=1S/C16H17Br2NO/c1-10-4-11(2)6-13(5-10)19(3)9-12-7-14(17)16(20)15(18)8-12/h4-8,20H,9H2,1-3H3. The summed E-state index contributed by atoms with van der Waals surface area (Å²) in [5.41, 5.74) is 4.85. The van der Waals surface area contributed by atoms with E-state index in [1.54, 1.807) is 0 Å². The van der Waals surface area contributed by atoms with Gasteiger partial charge in [0.15, 0.2) is 0 Å². The number of benzene rings is 2. The van der Waals surface area contributed by atoms with Crippen molar-refractivity contribution in [2.45, 2.75) is 20.4 Å². The van der Waals surface area contributed by atoms with Crippen molar-refractivity contribution in [3.63, 3.8) is 0 Å². The molecule has 0 radical (unpaired) electrons. The van der Waals surface area contributed by atoms with Gasteiger partial charge in [0.1, 0.15) is 5.75 Å². The number of aromatic hydroxyl groups is 1. The number of halogens is 2. The zero-order valence-electron chi connectivity index (χ0n) is 11.7. The highest BCUT2D eigenvalue weighted by atomic mass is 79.9. The molecule has 0 spiro atoms. The molecule has 0 amide bonds. The lowest BCUT2D eigenvalue weighted by Crippen LogP contribution is -2.16. The first-order valence-electron chi connectivity index (χ1n) is 6.33. The Labute approximate surface area is 136 Å². The molecule has 2 nitrogen and oxygen atoms in total. The molecule has 0 aliphatic heterocycles. The number of nitrogens with zero attached hydrogens (tertiary/aromatic N) is 1. The number of phenols is 1. The maximum atomic E-state index is 9.75. The van der Waals surface area contributed by atoms with Gasteiger partial charge in [-0.3, -0.25) is 0 Å². The topological polar surface area (TPSA) is 23.5 Å². The van der Waals surface area contributed by atoms with Crippen molar-refractivity contribution < 1.29 is 5.11 Å². The van der Waals surface area contributed by atoms with Gasteiger partial charge >= 0.3 is 0 Å². The lowest BCUT2D eigenvalue weighted by Gasteiger charge is -2.21. The minimum Gasteiger partial charge on any atom is -0.506 e. The summed E-state index contributed by atoms with van der Waals surface area (Å²) < 4.78 is 1.41. The third-order valence-electron chi connectivity index (χ3n) is 3.14. The molecule has 4 heteroatoms. The number of phenolic OH excluding ortho intramolecular Hbond substituents is 1. The van der Waals surface area contributed by atoms with Gasteiger partial charge in [0.2, 0.25) is 0 Å². The summed E-state index contributed by atoms with van der Waals surface area (Å²) in [6, 6.07) is 10.4. The summed E-state index contributed by atoms with van der Waals surface area (Å²) in [7, 11) is 2.07. The maximum Gasteiger partial charge on any atom is 0.143 e. The predicted octanol–water partition coefficient (Wildman–Crippen LogP) is 5.17. The Kier molecular flexibility index (Phi) is 4.76. The molecule has 0 saturated heterocycles. The molecule has 106 valence electrons. The van der Waals surface area contributed by atoms with Gasteiger partial charge in [0, 0.05) is 19.3 Å². The average Bonchev–Trinajstić information content (AvgIpc) is 2.34. The summed E-state index contributed by atoms with van der Waals surface area (Å²) in [6.45, 7) is 5.00. The highest BCUT2D eigenvalue weighted by Crippen LogP contribution is 2.34. The van der Waals surface area contributed by atoms with Crippen LogP contribution in [0.3, 0.4) is 0 Å². The summed E-state index contributed by atoms with van der Waals surface area (Å²) in [6.07, 6.45) is 0. The molecule has 0 heterocycles. The molecule has 0 saturated carbocycles. The van der Waals surface area contributed by atoms with E-state index in [0.29, 0.717) is 8.95 Å². The first-order valence-corrected chi connectivity index (χ1v) is 7.91. The van der Waals surface area contributed by atoms with Crippen molar-refractivity contribution in [2.24, 2.45) is 0 Å². The third kappa shape index (κ3) is 3.55. The van der Waals surface area contributed by atoms with Gasteiger partial charge in [0.25, 0.3) is 0 Å². The molecule has 0 unspecified atom stereocenters. The predicted molar refractivity (Wildman–Crippen MR) is 91.5 cm³/mol. The van der Waals surface area contributed by atoms with Crippen LogP contribution in [-0.4, -0.2) is 12.2 Å². The largest absolute Gasteiger partial charge is 0.506 e. The maximum absolute atomic E-state index is 9.75. The van der Waals surface area contributed by atoms with Crippen LogP contribution >= 0.6 is 31.9 Å². The van der Waals surface area contributed by atoms with E-state index in [1.165, 1.54) is 16.8 Å². The van der Waals surface area contributed by atoms with Gasteiger partial charge in [0.05, 0.1) is 8.95 Å². The molecular formula is C16H17Br2NO. The van der Waals surface area contributed by atoms with Gasteiger partial charge in [-0.05, 0) is 86.7 Å². The van der Waals surface area contributed by atoms with E-state index in [0.717, 1.165) is 12.1 Å². The van der Waals surface area contributed by atoms with E-state index in [9.17, 15) is 5.11 Å². The van der Waals surface area contributed by atoms with Crippen LogP contribution in [0.5, 0.6) is 5.75 Å². The molecule has 0 aliphatic rings. The Bertz CT molecular complexity index is 597. The number of anilines is 1. The molecule has 20 heavy (non-hydrogen) atoms. The van der Waals surface area contributed by atoms with Crippen molar-refractivity contribution in [1.82, 2.24) is 0 Å². The number of hydrogen-bond donors (Lipinski definition) is 1. The second-order valence-corrected chi connectivity index (χ2v) is 6.82.